The monoisotopic (exact) mass is 714 g/mol. The number of alkyl halides is 3. The Balaban J connectivity index is 1.29. The number of carbonyl (C=O) groups excluding carboxylic acids is 2. The van der Waals surface area contributed by atoms with Crippen LogP contribution in [0.25, 0.3) is 21.9 Å². The van der Waals surface area contributed by atoms with Gasteiger partial charge in [0.2, 0.25) is 0 Å². The van der Waals surface area contributed by atoms with Crippen LogP contribution >= 0.6 is 0 Å². The number of nitrogen functional groups attached to an aromatic ring is 1. The fraction of sp³-hybridized carbons (Fsp3) is 0.514. The van der Waals surface area contributed by atoms with Crippen LogP contribution in [0.5, 0.6) is 0 Å². The van der Waals surface area contributed by atoms with Gasteiger partial charge in [0.25, 0.3) is 0 Å². The highest BCUT2D eigenvalue weighted by Crippen LogP contribution is 2.45. The summed E-state index contributed by atoms with van der Waals surface area (Å²) in [4.78, 5) is 40.4. The summed E-state index contributed by atoms with van der Waals surface area (Å²) in [5.41, 5.74) is 4.36. The lowest BCUT2D eigenvalue weighted by Gasteiger charge is -2.28. The number of anilines is 2. The summed E-state index contributed by atoms with van der Waals surface area (Å²) in [6.07, 6.45) is -4.87. The van der Waals surface area contributed by atoms with E-state index >= 15 is 0 Å². The predicted octanol–water partition coefficient (Wildman–Crippen LogP) is 7.31. The number of nitrogens with two attached hydrogens (primary N) is 1. The van der Waals surface area contributed by atoms with Crippen molar-refractivity contribution in [3.8, 4) is 0 Å². The van der Waals surface area contributed by atoms with Crippen molar-refractivity contribution in [2.24, 2.45) is 0 Å². The molecule has 0 aliphatic carbocycles. The van der Waals surface area contributed by atoms with Crippen molar-refractivity contribution < 1.29 is 46.4 Å². The molecule has 2 aliphatic rings. The average Bonchev–Trinajstić information content (AvgIpc) is 3.64. The maximum absolute atomic E-state index is 13.4. The topological polar surface area (TPSA) is 153 Å². The smallest absolute Gasteiger partial charge is 0.425 e. The number of fused-ring (bicyclic) bond motifs is 3. The molecule has 0 radical (unpaired) electrons. The number of ether oxygens (including phenoxy) is 5. The number of benzene rings is 1. The van der Waals surface area contributed by atoms with Crippen molar-refractivity contribution >= 4 is 45.8 Å². The second-order valence-electron chi connectivity index (χ2n) is 15.1. The number of aryl methyl sites for hydroxylation is 1. The highest BCUT2D eigenvalue weighted by atomic mass is 19.4. The van der Waals surface area contributed by atoms with Gasteiger partial charge in [0.05, 0.1) is 22.6 Å². The molecule has 3 aromatic heterocycles. The van der Waals surface area contributed by atoms with Crippen LogP contribution in [-0.4, -0.2) is 67.0 Å². The van der Waals surface area contributed by atoms with Gasteiger partial charge in [-0.05, 0) is 92.0 Å². The number of hydrogen-bond acceptors (Lipinski definition) is 11. The molecule has 0 unspecified atom stereocenters. The van der Waals surface area contributed by atoms with Crippen LogP contribution in [0.2, 0.25) is 0 Å². The Morgan fingerprint density at radius 2 is 1.61 bits per heavy atom. The van der Waals surface area contributed by atoms with Gasteiger partial charge in [-0.15, -0.1) is 0 Å². The molecule has 2 saturated heterocycles. The zero-order valence-corrected chi connectivity index (χ0v) is 29.6. The van der Waals surface area contributed by atoms with Crippen LogP contribution in [0.15, 0.2) is 42.9 Å². The van der Waals surface area contributed by atoms with Crippen molar-refractivity contribution in [1.82, 2.24) is 19.5 Å². The molecule has 0 spiro atoms. The normalized spacial score (nSPS) is 21.9. The number of rotatable bonds is 5. The second kappa shape index (κ2) is 12.6. The zero-order valence-electron chi connectivity index (χ0n) is 29.6. The van der Waals surface area contributed by atoms with Crippen LogP contribution in [0.1, 0.15) is 79.2 Å². The van der Waals surface area contributed by atoms with Crippen LogP contribution in [-0.2, 0) is 36.3 Å². The van der Waals surface area contributed by atoms with Gasteiger partial charge in [0.1, 0.15) is 41.2 Å². The summed E-state index contributed by atoms with van der Waals surface area (Å²) in [6, 6.07) is 7.72. The van der Waals surface area contributed by atoms with E-state index in [1.165, 1.54) is 6.33 Å². The Kier molecular flexibility index (Phi) is 8.96. The van der Waals surface area contributed by atoms with E-state index in [1.807, 2.05) is 13.8 Å². The third-order valence-electron chi connectivity index (χ3n) is 8.19. The van der Waals surface area contributed by atoms with Crippen molar-refractivity contribution in [1.29, 1.82) is 0 Å². The molecule has 2 N–H and O–H groups in total. The Morgan fingerprint density at radius 1 is 0.961 bits per heavy atom. The molecule has 2 fully saturated rings. The summed E-state index contributed by atoms with van der Waals surface area (Å²) in [6.45, 7) is 13.7. The van der Waals surface area contributed by atoms with Gasteiger partial charge in [-0.3, -0.25) is 0 Å². The first-order valence-corrected chi connectivity index (χ1v) is 16.5. The molecule has 6 rings (SSSR count). The van der Waals surface area contributed by atoms with Crippen LogP contribution in [0.3, 0.4) is 0 Å². The summed E-state index contributed by atoms with van der Waals surface area (Å²) in [5, 5.41) is 0.678. The molecule has 5 heterocycles. The molecule has 4 atom stereocenters. The van der Waals surface area contributed by atoms with Crippen LogP contribution < -0.4 is 10.6 Å². The fourth-order valence-electron chi connectivity index (χ4n) is 6.24. The second-order valence-corrected chi connectivity index (χ2v) is 15.1. The lowest BCUT2D eigenvalue weighted by molar-refractivity contribution is -0.196. The van der Waals surface area contributed by atoms with Gasteiger partial charge in [-0.25, -0.2) is 24.5 Å². The maximum atomic E-state index is 13.4. The van der Waals surface area contributed by atoms with Crippen molar-refractivity contribution in [2.45, 2.75) is 116 Å². The van der Waals surface area contributed by atoms with E-state index in [9.17, 15) is 22.8 Å². The van der Waals surface area contributed by atoms with Gasteiger partial charge in [0, 0.05) is 11.6 Å². The minimum atomic E-state index is -4.61. The van der Waals surface area contributed by atoms with Gasteiger partial charge in [0.15, 0.2) is 17.8 Å². The quantitative estimate of drug-likeness (QED) is 0.221. The van der Waals surface area contributed by atoms with Crippen molar-refractivity contribution in [3.63, 3.8) is 0 Å². The third-order valence-corrected chi connectivity index (χ3v) is 8.19. The van der Waals surface area contributed by atoms with Crippen molar-refractivity contribution in [3.05, 3.63) is 54.0 Å². The molecule has 2 aliphatic heterocycles. The minimum absolute atomic E-state index is 0.0369. The molecule has 274 valence electrons. The molecular formula is C35H41F3N6O7. The number of pyridine rings is 1. The summed E-state index contributed by atoms with van der Waals surface area (Å²) < 4.78 is 72.1. The highest BCUT2D eigenvalue weighted by molar-refractivity contribution is 6.13. The van der Waals surface area contributed by atoms with E-state index < -0.39 is 71.3 Å². The van der Waals surface area contributed by atoms with E-state index in [0.29, 0.717) is 34.8 Å². The maximum Gasteiger partial charge on any atom is 0.425 e. The SMILES string of the molecule is CC(C)(C)OC(=O)N(C(=O)OC(C)(C)C)c1ncnc2c1ccn2[C@@H]1O[C@H](CCc2ccc3cc(C(F)(F)F)c(N)nc3c2)[C@H]2OC(C)(C)O[C@H]21. The van der Waals surface area contributed by atoms with Gasteiger partial charge in [-0.2, -0.15) is 18.1 Å². The Bertz CT molecular complexity index is 1960. The lowest BCUT2D eigenvalue weighted by atomic mass is 10.0. The molecule has 1 aromatic carbocycles. The first-order chi connectivity index (χ1) is 23.6. The van der Waals surface area contributed by atoms with Crippen LogP contribution in [0.4, 0.5) is 34.4 Å². The minimum Gasteiger partial charge on any atom is -0.443 e. The molecule has 0 saturated carbocycles. The highest BCUT2D eigenvalue weighted by Gasteiger charge is 2.56. The Labute approximate surface area is 292 Å². The lowest BCUT2D eigenvalue weighted by Crippen LogP contribution is -2.44. The molecule has 4 aromatic rings. The molecule has 0 bridgehead atoms. The Morgan fingerprint density at radius 3 is 2.24 bits per heavy atom. The van der Waals surface area contributed by atoms with E-state index in [0.717, 1.165) is 16.5 Å². The van der Waals surface area contributed by atoms with Gasteiger partial charge >= 0.3 is 18.4 Å². The molecule has 13 nitrogen and oxygen atoms in total. The van der Waals surface area contributed by atoms with E-state index in [1.54, 1.807) is 76.6 Å². The predicted molar refractivity (Wildman–Crippen MR) is 180 cm³/mol. The number of halogens is 3. The van der Waals surface area contributed by atoms with E-state index in [-0.39, 0.29) is 5.82 Å². The van der Waals surface area contributed by atoms with Crippen LogP contribution in [0, 0.1) is 0 Å². The molecule has 16 heteroatoms. The number of carbonyl (C=O) groups is 2. The molecule has 51 heavy (non-hydrogen) atoms. The number of nitrogens with zero attached hydrogens (tertiary/aromatic N) is 5. The number of amides is 2. The number of hydrogen-bond donors (Lipinski definition) is 1. The van der Waals surface area contributed by atoms with E-state index in [4.69, 9.17) is 29.4 Å². The first-order valence-electron chi connectivity index (χ1n) is 16.5. The molecular weight excluding hydrogens is 673 g/mol. The first kappa shape index (κ1) is 36.3. The molecule has 2 amide bonds. The summed E-state index contributed by atoms with van der Waals surface area (Å²) in [7, 11) is 0. The third kappa shape index (κ3) is 7.58. The van der Waals surface area contributed by atoms with Crippen molar-refractivity contribution in [2.75, 3.05) is 10.6 Å². The van der Waals surface area contributed by atoms with Gasteiger partial charge < -0.3 is 34.0 Å². The average molecular weight is 715 g/mol. The largest absolute Gasteiger partial charge is 0.443 e. The summed E-state index contributed by atoms with van der Waals surface area (Å²) >= 11 is 0. The summed E-state index contributed by atoms with van der Waals surface area (Å²) in [5.74, 6) is -1.55. The number of imide groups is 1. The zero-order chi connectivity index (χ0) is 37.3. The van der Waals surface area contributed by atoms with Gasteiger partial charge in [-0.1, -0.05) is 12.1 Å². The standard InChI is InChI=1S/C35H41F3N6O7/c1-32(2,3)50-30(45)44(31(46)51-33(4,5)6)28-20-13-14-43(27(20)40-17-41-28)29-25-24(48-34(7,8)49-25)23(47-29)12-10-18-9-11-19-16-21(35(36,37)38)26(39)42-22(19)15-18/h9,11,13-17,23-25,29H,10,12H2,1-8H3,(H2,39,42)/t23-,24-,25-,29-/m1/s1. The van der Waals surface area contributed by atoms with E-state index in [2.05, 4.69) is 15.0 Å². The Hall–Kier alpha value is -4.54. The number of aromatic nitrogens is 4. The fourth-order valence-corrected chi connectivity index (χ4v) is 6.24.